The molecule has 4 N–H and O–H groups in total. The van der Waals surface area contributed by atoms with Crippen LogP contribution >= 0.6 is 0 Å². The normalized spacial score (nSPS) is 11.9. The molecule has 4 aromatic rings. The Labute approximate surface area is 227 Å². The second-order valence-corrected chi connectivity index (χ2v) is 8.27. The Morgan fingerprint density at radius 2 is 1.05 bits per heavy atom. The molecule has 2 heterocycles. The molecule has 0 radical (unpaired) electrons. The largest absolute Gasteiger partial charge is 2.00 e. The zero-order valence-corrected chi connectivity index (χ0v) is 21.9. The number of carboxylic acids is 2. The van der Waals surface area contributed by atoms with Crippen molar-refractivity contribution in [2.24, 2.45) is 0 Å². The molecule has 11 heteroatoms. The fourth-order valence-corrected chi connectivity index (χ4v) is 3.92. The van der Waals surface area contributed by atoms with Crippen LogP contribution in [0.1, 0.15) is 25.0 Å². The Hall–Kier alpha value is -3.89. The molecule has 2 aromatic carbocycles. The summed E-state index contributed by atoms with van der Waals surface area (Å²) in [5.74, 6) is -3.33. The van der Waals surface area contributed by atoms with Crippen molar-refractivity contribution in [3.8, 4) is 0 Å². The van der Waals surface area contributed by atoms with Crippen LogP contribution in [0.5, 0.6) is 0 Å². The van der Waals surface area contributed by atoms with E-state index in [1.807, 2.05) is 48.5 Å². The number of hydrogen-bond donors (Lipinski definition) is 4. The molecule has 0 saturated carbocycles. The molecule has 190 valence electrons. The summed E-state index contributed by atoms with van der Waals surface area (Å²) >= 11 is 0. The van der Waals surface area contributed by atoms with E-state index in [-0.39, 0.29) is 46.4 Å². The van der Waals surface area contributed by atoms with Gasteiger partial charge in [-0.25, -0.2) is 0 Å². The second kappa shape index (κ2) is 13.4. The molecular weight excluding hydrogens is 512 g/mol. The molecule has 2 unspecified atom stereocenters. The van der Waals surface area contributed by atoms with Crippen molar-refractivity contribution < 1.29 is 51.1 Å². The Balaban J connectivity index is 0.000000253. The number of amides is 2. The third-order valence-electron chi connectivity index (χ3n) is 5.52. The van der Waals surface area contributed by atoms with Crippen LogP contribution in [0.3, 0.4) is 0 Å². The van der Waals surface area contributed by atoms with E-state index in [0.717, 1.165) is 32.9 Å². The number of fused-ring (bicyclic) bond motifs is 2. The average molecular weight is 538 g/mol. The number of nitrogens with one attached hydrogen (secondary N) is 4. The average Bonchev–Trinajstić information content (AvgIpc) is 3.42. The number of carbonyl (C=O) groups excluding carboxylic acids is 4. The summed E-state index contributed by atoms with van der Waals surface area (Å²) in [7, 11) is 0. The Morgan fingerprint density at radius 3 is 1.38 bits per heavy atom. The van der Waals surface area contributed by atoms with Gasteiger partial charge in [-0.15, -0.1) is 0 Å². The molecule has 2 amide bonds. The third kappa shape index (κ3) is 8.06. The molecule has 0 bridgehead atoms. The van der Waals surface area contributed by atoms with Crippen LogP contribution in [0.15, 0.2) is 60.9 Å². The van der Waals surface area contributed by atoms with Crippen molar-refractivity contribution in [3.63, 3.8) is 0 Å². The van der Waals surface area contributed by atoms with Gasteiger partial charge in [-0.1, -0.05) is 36.4 Å². The molecule has 37 heavy (non-hydrogen) atoms. The van der Waals surface area contributed by atoms with Gasteiger partial charge >= 0.3 is 21.7 Å². The van der Waals surface area contributed by atoms with Gasteiger partial charge in [-0.05, 0) is 23.3 Å². The number of carbonyl (C=O) groups is 4. The van der Waals surface area contributed by atoms with E-state index in [9.17, 15) is 29.4 Å². The van der Waals surface area contributed by atoms with E-state index >= 15 is 0 Å². The van der Waals surface area contributed by atoms with Crippen molar-refractivity contribution in [1.82, 2.24) is 20.6 Å². The summed E-state index contributed by atoms with van der Waals surface area (Å²) < 4.78 is 0. The number of benzene rings is 2. The Bertz CT molecular complexity index is 1290. The van der Waals surface area contributed by atoms with Gasteiger partial charge in [0.2, 0.25) is 11.8 Å². The number of H-pyrrole nitrogens is 2. The molecule has 0 aliphatic carbocycles. The Kier molecular flexibility index (Phi) is 10.7. The van der Waals surface area contributed by atoms with E-state index in [2.05, 4.69) is 20.6 Å². The van der Waals surface area contributed by atoms with Crippen LogP contribution in [-0.4, -0.2) is 45.8 Å². The zero-order valence-electron chi connectivity index (χ0n) is 20.3. The smallest absolute Gasteiger partial charge is 0.548 e. The first kappa shape index (κ1) is 29.3. The topological polar surface area (TPSA) is 170 Å². The fraction of sp³-hybridized carbons (Fsp3) is 0.231. The summed E-state index contributed by atoms with van der Waals surface area (Å²) in [5.41, 5.74) is 3.56. The predicted octanol–water partition coefficient (Wildman–Crippen LogP) is -0.0725. The van der Waals surface area contributed by atoms with Crippen LogP contribution in [0.25, 0.3) is 21.8 Å². The molecule has 0 fully saturated rings. The number of rotatable bonds is 8. The quantitative estimate of drug-likeness (QED) is 0.229. The van der Waals surface area contributed by atoms with Crippen molar-refractivity contribution in [1.29, 1.82) is 0 Å². The number of para-hydroxylation sites is 2. The maximum atomic E-state index is 11.0. The minimum atomic E-state index is -1.28. The van der Waals surface area contributed by atoms with Gasteiger partial charge in [0.15, 0.2) is 0 Å². The molecule has 0 aliphatic rings. The standard InChI is InChI=1S/2C13H14N2O3.Ti/c2*1-8(16)15-12(13(17)18)6-9-7-14-11-5-3-2-4-10(9)11;/h2*2-5,7,12,14H,6H2,1H3,(H,15,16)(H,17,18);/q;;+2/p-2. The van der Waals surface area contributed by atoms with E-state index in [4.69, 9.17) is 0 Å². The number of aromatic nitrogens is 2. The number of carboxylic acid groups (broad SMARTS) is 2. The summed E-state index contributed by atoms with van der Waals surface area (Å²) in [5, 5.41) is 28.6. The number of aromatic amines is 2. The number of hydrogen-bond acceptors (Lipinski definition) is 6. The van der Waals surface area contributed by atoms with Gasteiger partial charge in [-0.3, -0.25) is 9.59 Å². The predicted molar refractivity (Wildman–Crippen MR) is 129 cm³/mol. The first-order valence-electron chi connectivity index (χ1n) is 11.2. The van der Waals surface area contributed by atoms with E-state index < -0.39 is 24.0 Å². The molecule has 0 saturated heterocycles. The maximum absolute atomic E-state index is 11.0. The monoisotopic (exact) mass is 538 g/mol. The molecule has 2 aromatic heterocycles. The molecule has 0 spiro atoms. The molecule has 4 rings (SSSR count). The van der Waals surface area contributed by atoms with Gasteiger partial charge in [0, 0.05) is 60.9 Å². The third-order valence-corrected chi connectivity index (χ3v) is 5.52. The van der Waals surface area contributed by atoms with Crippen LogP contribution in [0.4, 0.5) is 0 Å². The van der Waals surface area contributed by atoms with E-state index in [1.54, 1.807) is 12.4 Å². The first-order valence-corrected chi connectivity index (χ1v) is 11.2. The van der Waals surface area contributed by atoms with Crippen molar-refractivity contribution in [2.45, 2.75) is 38.8 Å². The summed E-state index contributed by atoms with van der Waals surface area (Å²) in [6, 6.07) is 13.2. The molecule has 10 nitrogen and oxygen atoms in total. The van der Waals surface area contributed by atoms with Gasteiger partial charge < -0.3 is 40.4 Å². The van der Waals surface area contributed by atoms with Gasteiger partial charge in [0.05, 0.1) is 24.0 Å². The van der Waals surface area contributed by atoms with Gasteiger partial charge in [0.25, 0.3) is 0 Å². The maximum Gasteiger partial charge on any atom is 2.00 e. The first-order chi connectivity index (χ1) is 17.2. The minimum absolute atomic E-state index is 0. The van der Waals surface area contributed by atoms with Crippen LogP contribution in [0.2, 0.25) is 0 Å². The van der Waals surface area contributed by atoms with Crippen molar-refractivity contribution >= 4 is 45.6 Å². The number of aliphatic carboxylic acids is 2. The van der Waals surface area contributed by atoms with Gasteiger partial charge in [0.1, 0.15) is 0 Å². The summed E-state index contributed by atoms with van der Waals surface area (Å²) in [6.07, 6.45) is 3.91. The molecule has 2 atom stereocenters. The van der Waals surface area contributed by atoms with Crippen LogP contribution in [0, 0.1) is 0 Å². The fourth-order valence-electron chi connectivity index (χ4n) is 3.92. The summed E-state index contributed by atoms with van der Waals surface area (Å²) in [4.78, 5) is 49.9. The second-order valence-electron chi connectivity index (χ2n) is 8.27. The van der Waals surface area contributed by atoms with Crippen LogP contribution in [-0.2, 0) is 53.7 Å². The Morgan fingerprint density at radius 1 is 0.703 bits per heavy atom. The minimum Gasteiger partial charge on any atom is -0.548 e. The summed E-state index contributed by atoms with van der Waals surface area (Å²) in [6.45, 7) is 2.57. The molecular formula is C26H26N4O6Ti. The van der Waals surface area contributed by atoms with E-state index in [0.29, 0.717) is 0 Å². The van der Waals surface area contributed by atoms with Gasteiger partial charge in [-0.2, -0.15) is 0 Å². The van der Waals surface area contributed by atoms with Crippen molar-refractivity contribution in [2.75, 3.05) is 0 Å². The van der Waals surface area contributed by atoms with Crippen LogP contribution < -0.4 is 20.8 Å². The van der Waals surface area contributed by atoms with Crippen molar-refractivity contribution in [3.05, 3.63) is 72.1 Å². The SMILES string of the molecule is CC(=O)NC(Cc1c[nH]c2ccccc12)C(=O)[O-].CC(=O)NC(Cc1c[nH]c2ccccc12)C(=O)[O-].[Ti+2]. The van der Waals surface area contributed by atoms with E-state index in [1.165, 1.54) is 13.8 Å². The zero-order chi connectivity index (χ0) is 26.2. The molecule has 0 aliphatic heterocycles.